The third-order valence-corrected chi connectivity index (χ3v) is 4.92. The van der Waals surface area contributed by atoms with Crippen LogP contribution < -0.4 is 0 Å². The highest BCUT2D eigenvalue weighted by Crippen LogP contribution is 2.28. The van der Waals surface area contributed by atoms with E-state index in [9.17, 15) is 0 Å². The normalized spacial score (nSPS) is 25.2. The maximum atomic E-state index is 5.95. The zero-order valence-corrected chi connectivity index (χ0v) is 11.2. The van der Waals surface area contributed by atoms with Gasteiger partial charge in [0.15, 0.2) is 0 Å². The van der Waals surface area contributed by atoms with Crippen LogP contribution in [-0.4, -0.2) is 17.6 Å². The van der Waals surface area contributed by atoms with Gasteiger partial charge in [-0.3, -0.25) is 0 Å². The summed E-state index contributed by atoms with van der Waals surface area (Å²) < 4.78 is 5.95. The van der Waals surface area contributed by atoms with Crippen LogP contribution in [0.15, 0.2) is 11.8 Å². The molecule has 0 aromatic rings. The highest BCUT2D eigenvalue weighted by atomic mass is 32.2. The highest BCUT2D eigenvalue weighted by molar-refractivity contribution is 7.99. The SMILES string of the molecule is CC(OC=C1CCCCC1)C1CCSCC1. The second kappa shape index (κ2) is 6.58. The fourth-order valence-corrected chi connectivity index (χ4v) is 3.77. The lowest BCUT2D eigenvalue weighted by molar-refractivity contribution is 0.0947. The van der Waals surface area contributed by atoms with Crippen LogP contribution >= 0.6 is 11.8 Å². The maximum absolute atomic E-state index is 5.95. The monoisotopic (exact) mass is 240 g/mol. The molecule has 0 radical (unpaired) electrons. The van der Waals surface area contributed by atoms with Crippen molar-refractivity contribution in [2.45, 2.75) is 58.0 Å². The van der Waals surface area contributed by atoms with E-state index in [0.29, 0.717) is 6.10 Å². The van der Waals surface area contributed by atoms with Crippen molar-refractivity contribution in [3.63, 3.8) is 0 Å². The van der Waals surface area contributed by atoms with Gasteiger partial charge in [0.2, 0.25) is 0 Å². The second-order valence-corrected chi connectivity index (χ2v) is 6.35. The predicted octanol–water partition coefficient (Wildman–Crippen LogP) is 4.38. The highest BCUT2D eigenvalue weighted by Gasteiger charge is 2.20. The summed E-state index contributed by atoms with van der Waals surface area (Å²) in [5, 5.41) is 0. The Morgan fingerprint density at radius 1 is 1.19 bits per heavy atom. The van der Waals surface area contributed by atoms with Gasteiger partial charge in [-0.05, 0) is 68.4 Å². The number of hydrogen-bond donors (Lipinski definition) is 0. The van der Waals surface area contributed by atoms with Gasteiger partial charge in [0.25, 0.3) is 0 Å². The number of ether oxygens (including phenoxy) is 1. The van der Waals surface area contributed by atoms with Crippen molar-refractivity contribution in [3.8, 4) is 0 Å². The number of thioether (sulfide) groups is 1. The van der Waals surface area contributed by atoms with Crippen molar-refractivity contribution >= 4 is 11.8 Å². The van der Waals surface area contributed by atoms with Gasteiger partial charge in [0, 0.05) is 0 Å². The molecule has 2 fully saturated rings. The first-order chi connectivity index (χ1) is 7.86. The van der Waals surface area contributed by atoms with E-state index >= 15 is 0 Å². The van der Waals surface area contributed by atoms with E-state index in [4.69, 9.17) is 4.74 Å². The van der Waals surface area contributed by atoms with Crippen molar-refractivity contribution in [3.05, 3.63) is 11.8 Å². The van der Waals surface area contributed by atoms with Crippen molar-refractivity contribution in [1.82, 2.24) is 0 Å². The Bertz CT molecular complexity index is 223. The lowest BCUT2D eigenvalue weighted by atomic mass is 9.95. The molecular weight excluding hydrogens is 216 g/mol. The van der Waals surface area contributed by atoms with Gasteiger partial charge in [0.1, 0.15) is 0 Å². The van der Waals surface area contributed by atoms with E-state index in [-0.39, 0.29) is 0 Å². The van der Waals surface area contributed by atoms with Crippen LogP contribution in [0.5, 0.6) is 0 Å². The molecule has 1 nitrogen and oxygen atoms in total. The van der Waals surface area contributed by atoms with Gasteiger partial charge in [0.05, 0.1) is 12.4 Å². The average Bonchev–Trinajstić information content (AvgIpc) is 2.38. The molecule has 1 aliphatic heterocycles. The van der Waals surface area contributed by atoms with Crippen molar-refractivity contribution in [1.29, 1.82) is 0 Å². The smallest absolute Gasteiger partial charge is 0.0979 e. The number of rotatable bonds is 3. The van der Waals surface area contributed by atoms with Crippen LogP contribution in [0.4, 0.5) is 0 Å². The molecule has 1 heterocycles. The molecule has 1 atom stereocenters. The third kappa shape index (κ3) is 3.73. The van der Waals surface area contributed by atoms with E-state index in [1.807, 2.05) is 0 Å². The van der Waals surface area contributed by atoms with Crippen LogP contribution in [0.3, 0.4) is 0 Å². The van der Waals surface area contributed by atoms with Gasteiger partial charge in [-0.2, -0.15) is 11.8 Å². The Balaban J connectivity index is 1.74. The zero-order valence-electron chi connectivity index (χ0n) is 10.4. The lowest BCUT2D eigenvalue weighted by Gasteiger charge is -2.27. The average molecular weight is 240 g/mol. The topological polar surface area (TPSA) is 9.23 Å². The van der Waals surface area contributed by atoms with Crippen LogP contribution in [0.1, 0.15) is 51.9 Å². The summed E-state index contributed by atoms with van der Waals surface area (Å²) in [5.74, 6) is 3.45. The summed E-state index contributed by atoms with van der Waals surface area (Å²) >= 11 is 2.09. The first kappa shape index (κ1) is 12.3. The van der Waals surface area contributed by atoms with Gasteiger partial charge in [-0.1, -0.05) is 6.42 Å². The molecule has 1 saturated carbocycles. The number of allylic oxidation sites excluding steroid dienone is 1. The first-order valence-electron chi connectivity index (χ1n) is 6.77. The van der Waals surface area contributed by atoms with Crippen LogP contribution in [-0.2, 0) is 4.74 Å². The first-order valence-corrected chi connectivity index (χ1v) is 7.93. The van der Waals surface area contributed by atoms with Crippen molar-refractivity contribution in [2.75, 3.05) is 11.5 Å². The molecule has 0 aromatic carbocycles. The molecule has 92 valence electrons. The summed E-state index contributed by atoms with van der Waals surface area (Å²) in [6.07, 6.45) is 11.9. The fraction of sp³-hybridized carbons (Fsp3) is 0.857. The van der Waals surface area contributed by atoms with E-state index in [1.165, 1.54) is 56.5 Å². The Morgan fingerprint density at radius 2 is 1.88 bits per heavy atom. The van der Waals surface area contributed by atoms with Gasteiger partial charge in [-0.25, -0.2) is 0 Å². The Morgan fingerprint density at radius 3 is 2.56 bits per heavy atom. The standard InChI is InChI=1S/C14H24OS/c1-12(14-7-9-16-10-8-14)15-11-13-5-3-2-4-6-13/h11-12,14H,2-10H2,1H3. The minimum absolute atomic E-state index is 0.426. The molecule has 0 amide bonds. The number of hydrogen-bond acceptors (Lipinski definition) is 2. The molecule has 1 saturated heterocycles. The quantitative estimate of drug-likeness (QED) is 0.677. The van der Waals surface area contributed by atoms with Gasteiger partial charge >= 0.3 is 0 Å². The molecule has 2 rings (SSSR count). The van der Waals surface area contributed by atoms with Crippen molar-refractivity contribution < 1.29 is 4.74 Å². The molecule has 0 N–H and O–H groups in total. The molecule has 2 heteroatoms. The summed E-state index contributed by atoms with van der Waals surface area (Å²) in [6.45, 7) is 2.25. The molecule has 1 aliphatic carbocycles. The van der Waals surface area contributed by atoms with E-state index in [1.54, 1.807) is 5.57 Å². The van der Waals surface area contributed by atoms with Crippen LogP contribution in [0, 0.1) is 5.92 Å². The summed E-state index contributed by atoms with van der Waals surface area (Å²) in [4.78, 5) is 0. The summed E-state index contributed by atoms with van der Waals surface area (Å²) in [5.41, 5.74) is 1.54. The molecule has 2 aliphatic rings. The summed E-state index contributed by atoms with van der Waals surface area (Å²) in [6, 6.07) is 0. The molecule has 0 bridgehead atoms. The third-order valence-electron chi connectivity index (χ3n) is 3.87. The molecule has 0 aromatic heterocycles. The fourth-order valence-electron chi connectivity index (χ4n) is 2.62. The summed E-state index contributed by atoms with van der Waals surface area (Å²) in [7, 11) is 0. The van der Waals surface area contributed by atoms with E-state index in [0.717, 1.165) is 5.92 Å². The Kier molecular flexibility index (Phi) is 5.08. The van der Waals surface area contributed by atoms with E-state index in [2.05, 4.69) is 24.9 Å². The predicted molar refractivity (Wildman–Crippen MR) is 71.8 cm³/mol. The minimum atomic E-state index is 0.426. The largest absolute Gasteiger partial charge is 0.498 e. The molecular formula is C14H24OS. The Hall–Kier alpha value is -0.110. The van der Waals surface area contributed by atoms with Crippen LogP contribution in [0.25, 0.3) is 0 Å². The van der Waals surface area contributed by atoms with Gasteiger partial charge in [-0.15, -0.1) is 0 Å². The molecule has 0 spiro atoms. The van der Waals surface area contributed by atoms with E-state index < -0.39 is 0 Å². The maximum Gasteiger partial charge on any atom is 0.0979 e. The minimum Gasteiger partial charge on any atom is -0.498 e. The zero-order chi connectivity index (χ0) is 11.2. The van der Waals surface area contributed by atoms with Crippen LogP contribution in [0.2, 0.25) is 0 Å². The molecule has 16 heavy (non-hydrogen) atoms. The van der Waals surface area contributed by atoms with Gasteiger partial charge < -0.3 is 4.74 Å². The lowest BCUT2D eigenvalue weighted by Crippen LogP contribution is -2.23. The second-order valence-electron chi connectivity index (χ2n) is 5.13. The Labute approximate surface area is 104 Å². The van der Waals surface area contributed by atoms with Crippen molar-refractivity contribution in [2.24, 2.45) is 5.92 Å². The molecule has 1 unspecified atom stereocenters.